The van der Waals surface area contributed by atoms with Gasteiger partial charge in [0.15, 0.2) is 0 Å². The quantitative estimate of drug-likeness (QED) is 0.904. The molecule has 2 heterocycles. The van der Waals surface area contributed by atoms with Gasteiger partial charge < -0.3 is 9.32 Å². The highest BCUT2D eigenvalue weighted by atomic mass is 32.2. The Balaban J connectivity index is 2.00. The highest BCUT2D eigenvalue weighted by Crippen LogP contribution is 2.32. The van der Waals surface area contributed by atoms with Crippen LogP contribution in [0.5, 0.6) is 0 Å². The maximum absolute atomic E-state index is 14.2. The lowest BCUT2D eigenvalue weighted by Crippen LogP contribution is -2.35. The molecular weight excluding hydrogens is 347 g/mol. The molecule has 0 saturated carbocycles. The van der Waals surface area contributed by atoms with Crippen LogP contribution in [-0.4, -0.2) is 25.8 Å². The predicted octanol–water partition coefficient (Wildman–Crippen LogP) is 2.82. The van der Waals surface area contributed by atoms with Crippen molar-refractivity contribution in [3.63, 3.8) is 0 Å². The number of carbonyl (C=O) groups is 1. The molecule has 1 aliphatic rings. The minimum atomic E-state index is -4.03. The van der Waals surface area contributed by atoms with Crippen molar-refractivity contribution in [2.75, 3.05) is 6.54 Å². The molecule has 1 saturated heterocycles. The van der Waals surface area contributed by atoms with Crippen molar-refractivity contribution < 1.29 is 22.0 Å². The van der Waals surface area contributed by atoms with Crippen LogP contribution in [0.25, 0.3) is 0 Å². The van der Waals surface area contributed by atoms with Crippen LogP contribution in [0.15, 0.2) is 45.9 Å². The summed E-state index contributed by atoms with van der Waals surface area (Å²) in [6, 6.07) is 6.22. The first-order chi connectivity index (χ1) is 11.9. The summed E-state index contributed by atoms with van der Waals surface area (Å²) in [6.45, 7) is 0.448. The topological polar surface area (TPSA) is 93.6 Å². The third-order valence-corrected chi connectivity index (χ3v) is 5.29. The van der Waals surface area contributed by atoms with Gasteiger partial charge in [0, 0.05) is 6.54 Å². The third kappa shape index (κ3) is 3.74. The number of amides is 1. The Morgan fingerprint density at radius 1 is 1.24 bits per heavy atom. The minimum absolute atomic E-state index is 0.290. The van der Waals surface area contributed by atoms with E-state index in [0.29, 0.717) is 18.7 Å². The van der Waals surface area contributed by atoms with Crippen molar-refractivity contribution in [2.45, 2.75) is 36.6 Å². The molecular formula is C17H19FN2O4S. The molecule has 2 N–H and O–H groups in total. The highest BCUT2D eigenvalue weighted by Gasteiger charge is 2.31. The lowest BCUT2D eigenvalue weighted by molar-refractivity contribution is 0.0653. The van der Waals surface area contributed by atoms with Gasteiger partial charge in [-0.05, 0) is 43.2 Å². The molecule has 2 aromatic rings. The van der Waals surface area contributed by atoms with Gasteiger partial charge in [-0.1, -0.05) is 12.8 Å². The molecule has 1 atom stereocenters. The SMILES string of the molecule is NS(=O)(=O)c1ccc(F)c(C(=O)N2CCCCC[C@H]2c2ccco2)c1. The van der Waals surface area contributed by atoms with Crippen LogP contribution in [0.3, 0.4) is 0 Å². The zero-order valence-corrected chi connectivity index (χ0v) is 14.3. The first-order valence-corrected chi connectivity index (χ1v) is 9.59. The molecule has 1 fully saturated rings. The van der Waals surface area contributed by atoms with E-state index in [4.69, 9.17) is 9.56 Å². The number of halogens is 1. The van der Waals surface area contributed by atoms with E-state index in [0.717, 1.165) is 37.5 Å². The van der Waals surface area contributed by atoms with E-state index < -0.39 is 21.7 Å². The molecule has 3 rings (SSSR count). The van der Waals surface area contributed by atoms with Crippen molar-refractivity contribution in [3.05, 3.63) is 53.7 Å². The number of carbonyl (C=O) groups excluding carboxylic acids is 1. The van der Waals surface area contributed by atoms with Crippen molar-refractivity contribution in [1.29, 1.82) is 0 Å². The fourth-order valence-corrected chi connectivity index (χ4v) is 3.67. The van der Waals surface area contributed by atoms with Crippen molar-refractivity contribution in [1.82, 2.24) is 4.90 Å². The number of rotatable bonds is 3. The number of nitrogens with zero attached hydrogens (tertiary/aromatic N) is 1. The summed E-state index contributed by atoms with van der Waals surface area (Å²) in [4.78, 5) is 14.2. The molecule has 1 aromatic heterocycles. The smallest absolute Gasteiger partial charge is 0.257 e. The van der Waals surface area contributed by atoms with Crippen LogP contribution >= 0.6 is 0 Å². The molecule has 6 nitrogen and oxygen atoms in total. The molecule has 0 aliphatic carbocycles. The first-order valence-electron chi connectivity index (χ1n) is 8.04. The Hall–Kier alpha value is -2.19. The normalized spacial score (nSPS) is 18.8. The van der Waals surface area contributed by atoms with Gasteiger partial charge >= 0.3 is 0 Å². The maximum Gasteiger partial charge on any atom is 0.257 e. The van der Waals surface area contributed by atoms with E-state index in [1.807, 2.05) is 0 Å². The van der Waals surface area contributed by atoms with E-state index in [1.54, 1.807) is 17.0 Å². The van der Waals surface area contributed by atoms with Crippen molar-refractivity contribution in [2.24, 2.45) is 5.14 Å². The molecule has 134 valence electrons. The number of hydrogen-bond donors (Lipinski definition) is 1. The zero-order valence-electron chi connectivity index (χ0n) is 13.5. The molecule has 8 heteroatoms. The Bertz CT molecular complexity index is 865. The largest absolute Gasteiger partial charge is 0.467 e. The van der Waals surface area contributed by atoms with Gasteiger partial charge in [-0.2, -0.15) is 0 Å². The van der Waals surface area contributed by atoms with Gasteiger partial charge in [-0.15, -0.1) is 0 Å². The standard InChI is InChI=1S/C17H19FN2O4S/c18-14-8-7-12(25(19,22)23)11-13(14)17(21)20-9-3-1-2-5-15(20)16-6-4-10-24-16/h4,6-8,10-11,15H,1-3,5,9H2,(H2,19,22,23)/t15-/m0/s1. The van der Waals surface area contributed by atoms with E-state index in [2.05, 4.69) is 0 Å². The summed E-state index contributed by atoms with van der Waals surface area (Å²) < 4.78 is 42.7. The number of primary sulfonamides is 1. The average molecular weight is 366 g/mol. The summed E-state index contributed by atoms with van der Waals surface area (Å²) in [6.07, 6.45) is 4.91. The average Bonchev–Trinajstić information content (AvgIpc) is 2.98. The monoisotopic (exact) mass is 366 g/mol. The molecule has 0 bridgehead atoms. The second kappa shape index (κ2) is 6.97. The van der Waals surface area contributed by atoms with Crippen LogP contribution in [-0.2, 0) is 10.0 Å². The van der Waals surface area contributed by atoms with Crippen LogP contribution < -0.4 is 5.14 Å². The van der Waals surface area contributed by atoms with Crippen LogP contribution in [0.1, 0.15) is 47.8 Å². The van der Waals surface area contributed by atoms with E-state index in [1.165, 1.54) is 6.26 Å². The Kier molecular flexibility index (Phi) is 4.91. The molecule has 0 radical (unpaired) electrons. The second-order valence-electron chi connectivity index (χ2n) is 6.07. The lowest BCUT2D eigenvalue weighted by Gasteiger charge is -2.29. The minimum Gasteiger partial charge on any atom is -0.467 e. The molecule has 25 heavy (non-hydrogen) atoms. The summed E-state index contributed by atoms with van der Waals surface area (Å²) >= 11 is 0. The highest BCUT2D eigenvalue weighted by molar-refractivity contribution is 7.89. The third-order valence-electron chi connectivity index (χ3n) is 4.38. The number of benzene rings is 1. The fourth-order valence-electron chi connectivity index (χ4n) is 3.13. The number of hydrogen-bond acceptors (Lipinski definition) is 4. The predicted molar refractivity (Wildman–Crippen MR) is 88.7 cm³/mol. The summed E-state index contributed by atoms with van der Waals surface area (Å²) in [5, 5.41) is 5.09. The van der Waals surface area contributed by atoms with Gasteiger partial charge in [-0.3, -0.25) is 4.79 Å². The van der Waals surface area contributed by atoms with Crippen molar-refractivity contribution >= 4 is 15.9 Å². The van der Waals surface area contributed by atoms with E-state index in [9.17, 15) is 17.6 Å². The zero-order chi connectivity index (χ0) is 18.0. The number of likely N-dealkylation sites (tertiary alicyclic amines) is 1. The van der Waals surface area contributed by atoms with Crippen molar-refractivity contribution in [3.8, 4) is 0 Å². The Labute approximate surface area is 145 Å². The summed E-state index contributed by atoms with van der Waals surface area (Å²) in [7, 11) is -4.03. The lowest BCUT2D eigenvalue weighted by atomic mass is 10.1. The van der Waals surface area contributed by atoms with Gasteiger partial charge in [0.25, 0.3) is 5.91 Å². The van der Waals surface area contributed by atoms with Crippen LogP contribution in [0.2, 0.25) is 0 Å². The molecule has 0 unspecified atom stereocenters. The number of sulfonamides is 1. The molecule has 1 aromatic carbocycles. The van der Waals surface area contributed by atoms with Gasteiger partial charge in [-0.25, -0.2) is 17.9 Å². The van der Waals surface area contributed by atoms with E-state index in [-0.39, 0.29) is 16.5 Å². The molecule has 1 aliphatic heterocycles. The maximum atomic E-state index is 14.2. The van der Waals surface area contributed by atoms with Crippen LogP contribution in [0.4, 0.5) is 4.39 Å². The Morgan fingerprint density at radius 2 is 2.04 bits per heavy atom. The van der Waals surface area contributed by atoms with Crippen LogP contribution in [0, 0.1) is 5.82 Å². The summed E-state index contributed by atoms with van der Waals surface area (Å²) in [5.41, 5.74) is -0.301. The first kappa shape index (κ1) is 17.6. The molecule has 0 spiro atoms. The number of furan rings is 1. The van der Waals surface area contributed by atoms with Gasteiger partial charge in [0.05, 0.1) is 22.8 Å². The number of nitrogens with two attached hydrogens (primary N) is 1. The van der Waals surface area contributed by atoms with Gasteiger partial charge in [0.1, 0.15) is 11.6 Å². The van der Waals surface area contributed by atoms with Gasteiger partial charge in [0.2, 0.25) is 10.0 Å². The summed E-state index contributed by atoms with van der Waals surface area (Å²) in [5.74, 6) is -0.704. The fraction of sp³-hybridized carbons (Fsp3) is 0.353. The molecule has 1 amide bonds. The van der Waals surface area contributed by atoms with E-state index >= 15 is 0 Å². The second-order valence-corrected chi connectivity index (χ2v) is 7.63. The Morgan fingerprint density at radius 3 is 2.72 bits per heavy atom.